The van der Waals surface area contributed by atoms with Crippen molar-refractivity contribution in [3.63, 3.8) is 0 Å². The van der Waals surface area contributed by atoms with Gasteiger partial charge in [0.25, 0.3) is 0 Å². The molecule has 1 N–H and O–H groups in total. The first kappa shape index (κ1) is 14.3. The Morgan fingerprint density at radius 2 is 2.14 bits per heavy atom. The number of nitrogens with zero attached hydrogens (tertiary/aromatic N) is 2. The molecule has 2 aromatic rings. The zero-order valence-electron chi connectivity index (χ0n) is 12.0. The van der Waals surface area contributed by atoms with E-state index in [0.717, 1.165) is 30.7 Å². The van der Waals surface area contributed by atoms with Crippen LogP contribution in [0.4, 0.5) is 10.3 Å². The van der Waals surface area contributed by atoms with Crippen LogP contribution in [0.25, 0.3) is 0 Å². The fourth-order valence-electron chi connectivity index (χ4n) is 2.47. The number of fused-ring (bicyclic) bond motifs is 1. The molecule has 1 aromatic carbocycles. The van der Waals surface area contributed by atoms with Crippen molar-refractivity contribution >= 4 is 17.7 Å². The lowest BCUT2D eigenvalue weighted by Gasteiger charge is -2.07. The van der Waals surface area contributed by atoms with Gasteiger partial charge in [-0.1, -0.05) is 24.8 Å². The smallest absolute Gasteiger partial charge is 0.223 e. The summed E-state index contributed by atoms with van der Waals surface area (Å²) in [5.74, 6) is 0.115. The average molecular weight is 303 g/mol. The van der Waals surface area contributed by atoms with Gasteiger partial charge >= 0.3 is 0 Å². The van der Waals surface area contributed by atoms with Gasteiger partial charge in [0.05, 0.1) is 6.20 Å². The molecule has 0 saturated carbocycles. The molecule has 0 amide bonds. The van der Waals surface area contributed by atoms with Gasteiger partial charge < -0.3 is 5.32 Å². The minimum Gasteiger partial charge on any atom is -0.354 e. The highest BCUT2D eigenvalue weighted by atomic mass is 32.2. The van der Waals surface area contributed by atoms with Crippen molar-refractivity contribution in [2.45, 2.75) is 42.5 Å². The Hall–Kier alpha value is -1.62. The van der Waals surface area contributed by atoms with Crippen LogP contribution in [0.1, 0.15) is 30.9 Å². The summed E-state index contributed by atoms with van der Waals surface area (Å²) < 4.78 is 13.9. The monoisotopic (exact) mass is 303 g/mol. The lowest BCUT2D eigenvalue weighted by atomic mass is 10.1. The molecule has 0 bridgehead atoms. The van der Waals surface area contributed by atoms with Crippen LogP contribution < -0.4 is 5.32 Å². The normalized spacial score (nSPS) is 13.2. The number of rotatable bonds is 5. The highest BCUT2D eigenvalue weighted by molar-refractivity contribution is 7.99. The van der Waals surface area contributed by atoms with E-state index in [1.165, 1.54) is 35.5 Å². The van der Waals surface area contributed by atoms with Gasteiger partial charge in [-0.05, 0) is 48.9 Å². The van der Waals surface area contributed by atoms with Crippen molar-refractivity contribution in [1.29, 1.82) is 0 Å². The third-order valence-corrected chi connectivity index (χ3v) is 4.50. The Bertz CT molecular complexity index is 645. The van der Waals surface area contributed by atoms with Crippen LogP contribution in [0.15, 0.2) is 34.3 Å². The number of hydrogen-bond donors (Lipinski definition) is 1. The molecule has 3 rings (SSSR count). The number of benzene rings is 1. The fraction of sp³-hybridized carbons (Fsp3) is 0.375. The Morgan fingerprint density at radius 1 is 1.29 bits per heavy atom. The topological polar surface area (TPSA) is 37.8 Å². The van der Waals surface area contributed by atoms with Gasteiger partial charge in [-0.15, -0.1) is 0 Å². The molecule has 5 heteroatoms. The van der Waals surface area contributed by atoms with E-state index in [9.17, 15) is 4.39 Å². The second kappa shape index (κ2) is 6.43. The number of hydrogen-bond acceptors (Lipinski definition) is 4. The third-order valence-electron chi connectivity index (χ3n) is 3.53. The first-order valence-electron chi connectivity index (χ1n) is 7.32. The van der Waals surface area contributed by atoms with Crippen LogP contribution in [0.2, 0.25) is 0 Å². The van der Waals surface area contributed by atoms with Crippen molar-refractivity contribution in [2.24, 2.45) is 0 Å². The molecule has 1 heterocycles. The zero-order chi connectivity index (χ0) is 14.7. The van der Waals surface area contributed by atoms with Crippen molar-refractivity contribution in [1.82, 2.24) is 9.97 Å². The summed E-state index contributed by atoms with van der Waals surface area (Å²) in [6.07, 6.45) is 5.72. The van der Waals surface area contributed by atoms with Gasteiger partial charge in [-0.2, -0.15) is 0 Å². The van der Waals surface area contributed by atoms with Crippen LogP contribution >= 0.6 is 11.8 Å². The van der Waals surface area contributed by atoms with E-state index in [1.807, 2.05) is 0 Å². The van der Waals surface area contributed by atoms with Crippen LogP contribution in [0.5, 0.6) is 0 Å². The van der Waals surface area contributed by atoms with Crippen LogP contribution in [0, 0.1) is 5.82 Å². The van der Waals surface area contributed by atoms with Gasteiger partial charge in [-0.3, -0.25) is 0 Å². The highest BCUT2D eigenvalue weighted by Crippen LogP contribution is 2.32. The Labute approximate surface area is 128 Å². The quantitative estimate of drug-likeness (QED) is 0.845. The SMILES string of the molecule is CCCNc1ncc(F)c(Sc2ccc3c(c2)CCC3)n1. The third kappa shape index (κ3) is 3.35. The van der Waals surface area contributed by atoms with E-state index < -0.39 is 0 Å². The van der Waals surface area contributed by atoms with Crippen molar-refractivity contribution in [2.75, 3.05) is 11.9 Å². The number of aromatic nitrogens is 2. The highest BCUT2D eigenvalue weighted by Gasteiger charge is 2.13. The lowest BCUT2D eigenvalue weighted by Crippen LogP contribution is -2.05. The van der Waals surface area contributed by atoms with E-state index >= 15 is 0 Å². The fourth-order valence-corrected chi connectivity index (χ4v) is 3.31. The number of halogens is 1. The summed E-state index contributed by atoms with van der Waals surface area (Å²) in [5, 5.41) is 3.46. The van der Waals surface area contributed by atoms with Crippen LogP contribution in [-0.4, -0.2) is 16.5 Å². The summed E-state index contributed by atoms with van der Waals surface area (Å²) in [6, 6.07) is 6.36. The maximum atomic E-state index is 13.9. The summed E-state index contributed by atoms with van der Waals surface area (Å²) in [4.78, 5) is 9.27. The standard InChI is InChI=1S/C16H18FN3S/c1-2-8-18-16-19-10-14(17)15(20-16)21-13-7-6-11-4-3-5-12(11)9-13/h6-7,9-10H,2-5,8H2,1H3,(H,18,19,20). The average Bonchev–Trinajstić information content (AvgIpc) is 2.95. The van der Waals surface area contributed by atoms with Crippen LogP contribution in [-0.2, 0) is 12.8 Å². The molecule has 21 heavy (non-hydrogen) atoms. The molecular weight excluding hydrogens is 285 g/mol. The maximum absolute atomic E-state index is 13.9. The summed E-state index contributed by atoms with van der Waals surface area (Å²) in [5.41, 5.74) is 2.81. The summed E-state index contributed by atoms with van der Waals surface area (Å²) >= 11 is 1.36. The van der Waals surface area contributed by atoms with Crippen molar-refractivity contribution in [3.8, 4) is 0 Å². The minimum atomic E-state index is -0.373. The van der Waals surface area contributed by atoms with Crippen LogP contribution in [0.3, 0.4) is 0 Å². The number of nitrogens with one attached hydrogen (secondary N) is 1. The predicted molar refractivity (Wildman–Crippen MR) is 83.4 cm³/mol. The van der Waals surface area contributed by atoms with Gasteiger partial charge in [0, 0.05) is 11.4 Å². The molecule has 1 aromatic heterocycles. The Balaban J connectivity index is 1.80. The van der Waals surface area contributed by atoms with Gasteiger partial charge in [0.1, 0.15) is 5.03 Å². The molecular formula is C16H18FN3S. The largest absolute Gasteiger partial charge is 0.354 e. The van der Waals surface area contributed by atoms with Gasteiger partial charge in [0.15, 0.2) is 5.82 Å². The predicted octanol–water partition coefficient (Wildman–Crippen LogP) is 4.08. The molecule has 1 aliphatic rings. The van der Waals surface area contributed by atoms with Crippen molar-refractivity contribution < 1.29 is 4.39 Å². The number of aryl methyl sites for hydroxylation is 2. The molecule has 110 valence electrons. The lowest BCUT2D eigenvalue weighted by molar-refractivity contribution is 0.580. The van der Waals surface area contributed by atoms with E-state index in [2.05, 4.69) is 40.4 Å². The number of anilines is 1. The first-order chi connectivity index (χ1) is 10.3. The molecule has 0 atom stereocenters. The summed E-state index contributed by atoms with van der Waals surface area (Å²) in [6.45, 7) is 2.85. The first-order valence-corrected chi connectivity index (χ1v) is 8.14. The van der Waals surface area contributed by atoms with E-state index in [-0.39, 0.29) is 5.82 Å². The molecule has 0 saturated heterocycles. The van der Waals surface area contributed by atoms with Gasteiger partial charge in [0.2, 0.25) is 5.95 Å². The maximum Gasteiger partial charge on any atom is 0.223 e. The van der Waals surface area contributed by atoms with E-state index in [1.54, 1.807) is 0 Å². The van der Waals surface area contributed by atoms with Gasteiger partial charge in [-0.25, -0.2) is 14.4 Å². The molecule has 3 nitrogen and oxygen atoms in total. The van der Waals surface area contributed by atoms with E-state index in [4.69, 9.17) is 0 Å². The van der Waals surface area contributed by atoms with E-state index in [0.29, 0.717) is 11.0 Å². The molecule has 0 unspecified atom stereocenters. The molecule has 0 radical (unpaired) electrons. The summed E-state index contributed by atoms with van der Waals surface area (Å²) in [7, 11) is 0. The molecule has 0 aliphatic heterocycles. The second-order valence-electron chi connectivity index (χ2n) is 5.16. The molecule has 1 aliphatic carbocycles. The zero-order valence-corrected chi connectivity index (χ0v) is 12.8. The van der Waals surface area contributed by atoms with Crippen molar-refractivity contribution in [3.05, 3.63) is 41.3 Å². The minimum absolute atomic E-state index is 0.373. The Morgan fingerprint density at radius 3 is 3.00 bits per heavy atom. The second-order valence-corrected chi connectivity index (χ2v) is 6.22. The molecule has 0 spiro atoms. The Kier molecular flexibility index (Phi) is 4.39. The molecule has 0 fully saturated rings.